The first-order valence-electron chi connectivity index (χ1n) is 5.49. The summed E-state index contributed by atoms with van der Waals surface area (Å²) in [4.78, 5) is 15.9. The summed E-state index contributed by atoms with van der Waals surface area (Å²) in [6.07, 6.45) is 1.18. The van der Waals surface area contributed by atoms with Crippen molar-refractivity contribution in [2.75, 3.05) is 18.9 Å². The second-order valence-electron chi connectivity index (χ2n) is 3.82. The first-order chi connectivity index (χ1) is 8.20. The van der Waals surface area contributed by atoms with Gasteiger partial charge in [0, 0.05) is 0 Å². The normalized spacial score (nSPS) is 18.2. The maximum absolute atomic E-state index is 11.8. The number of hydrogen-bond acceptors (Lipinski definition) is 4. The Labute approximate surface area is 108 Å². The van der Waals surface area contributed by atoms with Crippen molar-refractivity contribution in [1.29, 1.82) is 0 Å². The van der Waals surface area contributed by atoms with Gasteiger partial charge in [-0.15, -0.1) is 0 Å². The molecule has 17 heavy (non-hydrogen) atoms. The SMILES string of the molecule is CNCCCC1Oc2ccc(Br)nc2NC1=O. The molecule has 0 saturated heterocycles. The molecule has 1 unspecified atom stereocenters. The average molecular weight is 300 g/mol. The number of aromatic nitrogens is 1. The summed E-state index contributed by atoms with van der Waals surface area (Å²) in [5, 5.41) is 5.80. The van der Waals surface area contributed by atoms with Crippen molar-refractivity contribution in [3.63, 3.8) is 0 Å². The van der Waals surface area contributed by atoms with Crippen LogP contribution in [0, 0.1) is 0 Å². The van der Waals surface area contributed by atoms with E-state index in [9.17, 15) is 4.79 Å². The fourth-order valence-corrected chi connectivity index (χ4v) is 1.97. The van der Waals surface area contributed by atoms with Crippen molar-refractivity contribution in [1.82, 2.24) is 10.3 Å². The zero-order chi connectivity index (χ0) is 12.3. The molecule has 1 aromatic rings. The third-order valence-electron chi connectivity index (χ3n) is 2.52. The quantitative estimate of drug-likeness (QED) is 0.654. The van der Waals surface area contributed by atoms with Gasteiger partial charge in [0.25, 0.3) is 5.91 Å². The fraction of sp³-hybridized carbons (Fsp3) is 0.455. The predicted molar refractivity (Wildman–Crippen MR) is 68.1 cm³/mol. The Morgan fingerprint density at radius 2 is 2.41 bits per heavy atom. The molecular formula is C11H14BrN3O2. The number of hydrogen-bond donors (Lipinski definition) is 2. The second kappa shape index (κ2) is 5.46. The Hall–Kier alpha value is -1.14. The molecule has 6 heteroatoms. The molecule has 0 aromatic carbocycles. The van der Waals surface area contributed by atoms with Crippen LogP contribution in [0.4, 0.5) is 5.82 Å². The van der Waals surface area contributed by atoms with Gasteiger partial charge >= 0.3 is 0 Å². The third-order valence-corrected chi connectivity index (χ3v) is 2.96. The summed E-state index contributed by atoms with van der Waals surface area (Å²) < 4.78 is 6.30. The van der Waals surface area contributed by atoms with E-state index in [0.29, 0.717) is 22.6 Å². The zero-order valence-corrected chi connectivity index (χ0v) is 11.1. The van der Waals surface area contributed by atoms with Crippen LogP contribution in [-0.4, -0.2) is 30.6 Å². The molecule has 1 aliphatic rings. The van der Waals surface area contributed by atoms with Crippen LogP contribution in [0.2, 0.25) is 0 Å². The van der Waals surface area contributed by atoms with Crippen molar-refractivity contribution in [3.8, 4) is 5.75 Å². The highest BCUT2D eigenvalue weighted by atomic mass is 79.9. The van der Waals surface area contributed by atoms with E-state index < -0.39 is 6.10 Å². The summed E-state index contributed by atoms with van der Waals surface area (Å²) in [6.45, 7) is 0.874. The number of pyridine rings is 1. The van der Waals surface area contributed by atoms with Crippen LogP contribution in [0.3, 0.4) is 0 Å². The number of nitrogens with zero attached hydrogens (tertiary/aromatic N) is 1. The van der Waals surface area contributed by atoms with E-state index in [0.717, 1.165) is 13.0 Å². The van der Waals surface area contributed by atoms with Crippen LogP contribution in [0.1, 0.15) is 12.8 Å². The summed E-state index contributed by atoms with van der Waals surface area (Å²) >= 11 is 3.25. The lowest BCUT2D eigenvalue weighted by Gasteiger charge is -2.25. The smallest absolute Gasteiger partial charge is 0.266 e. The maximum Gasteiger partial charge on any atom is 0.266 e. The molecule has 0 fully saturated rings. The molecule has 92 valence electrons. The van der Waals surface area contributed by atoms with Crippen molar-refractivity contribution >= 4 is 27.7 Å². The minimum Gasteiger partial charge on any atom is -0.477 e. The van der Waals surface area contributed by atoms with Crippen LogP contribution in [0.25, 0.3) is 0 Å². The number of anilines is 1. The van der Waals surface area contributed by atoms with Crippen LogP contribution in [0.5, 0.6) is 5.75 Å². The van der Waals surface area contributed by atoms with Crippen LogP contribution in [-0.2, 0) is 4.79 Å². The van der Waals surface area contributed by atoms with Crippen LogP contribution >= 0.6 is 15.9 Å². The molecular weight excluding hydrogens is 286 g/mol. The monoisotopic (exact) mass is 299 g/mol. The Morgan fingerprint density at radius 3 is 3.18 bits per heavy atom. The minimum atomic E-state index is -0.418. The summed E-state index contributed by atoms with van der Waals surface area (Å²) in [6, 6.07) is 3.60. The van der Waals surface area contributed by atoms with Gasteiger partial charge in [-0.05, 0) is 54.5 Å². The van der Waals surface area contributed by atoms with Gasteiger partial charge < -0.3 is 15.4 Å². The fourth-order valence-electron chi connectivity index (χ4n) is 1.67. The van der Waals surface area contributed by atoms with Crippen molar-refractivity contribution in [2.45, 2.75) is 18.9 Å². The number of carbonyl (C=O) groups excluding carboxylic acids is 1. The third kappa shape index (κ3) is 2.95. The lowest BCUT2D eigenvalue weighted by Crippen LogP contribution is -2.37. The molecule has 1 atom stereocenters. The average Bonchev–Trinajstić information content (AvgIpc) is 2.30. The predicted octanol–water partition coefficient (Wildman–Crippen LogP) is 1.54. The zero-order valence-electron chi connectivity index (χ0n) is 9.50. The van der Waals surface area contributed by atoms with Gasteiger partial charge in [-0.2, -0.15) is 0 Å². The van der Waals surface area contributed by atoms with Gasteiger partial charge in [0.1, 0.15) is 4.60 Å². The maximum atomic E-state index is 11.8. The molecule has 1 aromatic heterocycles. The summed E-state index contributed by atoms with van der Waals surface area (Å²) in [5.41, 5.74) is 0. The van der Waals surface area contributed by atoms with Gasteiger partial charge in [-0.1, -0.05) is 0 Å². The lowest BCUT2D eigenvalue weighted by molar-refractivity contribution is -0.123. The van der Waals surface area contributed by atoms with Crippen molar-refractivity contribution < 1.29 is 9.53 Å². The minimum absolute atomic E-state index is 0.126. The molecule has 2 N–H and O–H groups in total. The van der Waals surface area contributed by atoms with Crippen molar-refractivity contribution in [3.05, 3.63) is 16.7 Å². The summed E-state index contributed by atoms with van der Waals surface area (Å²) in [7, 11) is 1.89. The highest BCUT2D eigenvalue weighted by molar-refractivity contribution is 9.10. The van der Waals surface area contributed by atoms with E-state index in [4.69, 9.17) is 4.74 Å². The standard InChI is InChI=1S/C11H14BrN3O2/c1-13-6-2-3-8-11(16)15-10-7(17-8)4-5-9(12)14-10/h4-5,8,13H,2-3,6H2,1H3,(H,14,15,16). The van der Waals surface area contributed by atoms with E-state index in [1.807, 2.05) is 7.05 Å². The van der Waals surface area contributed by atoms with Gasteiger partial charge in [0.2, 0.25) is 0 Å². The Balaban J connectivity index is 2.05. The Kier molecular flexibility index (Phi) is 3.96. The molecule has 0 bridgehead atoms. The topological polar surface area (TPSA) is 63.2 Å². The number of fused-ring (bicyclic) bond motifs is 1. The van der Waals surface area contributed by atoms with Gasteiger partial charge in [0.05, 0.1) is 0 Å². The first-order valence-corrected chi connectivity index (χ1v) is 6.28. The first kappa shape index (κ1) is 12.3. The number of amides is 1. The van der Waals surface area contributed by atoms with Gasteiger partial charge in [0.15, 0.2) is 17.7 Å². The molecule has 0 aliphatic carbocycles. The highest BCUT2D eigenvalue weighted by Crippen LogP contribution is 2.29. The number of ether oxygens (including phenoxy) is 1. The van der Waals surface area contributed by atoms with E-state index in [1.165, 1.54) is 0 Å². The molecule has 0 saturated carbocycles. The molecule has 2 rings (SSSR count). The number of carbonyl (C=O) groups is 1. The number of nitrogens with one attached hydrogen (secondary N) is 2. The second-order valence-corrected chi connectivity index (χ2v) is 4.63. The van der Waals surface area contributed by atoms with E-state index in [2.05, 4.69) is 31.5 Å². The van der Waals surface area contributed by atoms with Gasteiger partial charge in [-0.3, -0.25) is 4.79 Å². The molecule has 0 spiro atoms. The van der Waals surface area contributed by atoms with Crippen LogP contribution < -0.4 is 15.4 Å². The Morgan fingerprint density at radius 1 is 1.59 bits per heavy atom. The highest BCUT2D eigenvalue weighted by Gasteiger charge is 2.27. The summed E-state index contributed by atoms with van der Waals surface area (Å²) in [5.74, 6) is 0.982. The van der Waals surface area contributed by atoms with Crippen molar-refractivity contribution in [2.24, 2.45) is 0 Å². The van der Waals surface area contributed by atoms with Gasteiger partial charge in [-0.25, -0.2) is 4.98 Å². The van der Waals surface area contributed by atoms with E-state index >= 15 is 0 Å². The molecule has 1 amide bonds. The lowest BCUT2D eigenvalue weighted by atomic mass is 10.1. The van der Waals surface area contributed by atoms with Crippen LogP contribution in [0.15, 0.2) is 16.7 Å². The van der Waals surface area contributed by atoms with E-state index in [-0.39, 0.29) is 5.91 Å². The Bertz CT molecular complexity index is 425. The largest absolute Gasteiger partial charge is 0.477 e. The van der Waals surface area contributed by atoms with E-state index in [1.54, 1.807) is 12.1 Å². The molecule has 5 nitrogen and oxygen atoms in total. The molecule has 1 aliphatic heterocycles. The number of rotatable bonds is 4. The molecule has 0 radical (unpaired) electrons. The molecule has 2 heterocycles. The number of halogens is 1.